The van der Waals surface area contributed by atoms with Gasteiger partial charge in [-0.15, -0.1) is 0 Å². The Bertz CT molecular complexity index is 760. The summed E-state index contributed by atoms with van der Waals surface area (Å²) in [5, 5.41) is 9.45. The van der Waals surface area contributed by atoms with Crippen LogP contribution >= 0.6 is 0 Å². The van der Waals surface area contributed by atoms with E-state index in [0.29, 0.717) is 23.5 Å². The van der Waals surface area contributed by atoms with Gasteiger partial charge in [-0.3, -0.25) is 4.79 Å². The van der Waals surface area contributed by atoms with Gasteiger partial charge in [-0.1, -0.05) is 39.3 Å². The molecule has 2 nitrogen and oxygen atoms in total. The fourth-order valence-corrected chi connectivity index (χ4v) is 6.74. The molecule has 0 saturated heterocycles. The molecule has 2 fully saturated rings. The van der Waals surface area contributed by atoms with E-state index in [1.807, 2.05) is 6.07 Å². The number of nitriles is 1. The van der Waals surface area contributed by atoms with Crippen molar-refractivity contribution >= 4 is 5.78 Å². The van der Waals surface area contributed by atoms with E-state index >= 15 is 0 Å². The largest absolute Gasteiger partial charge is 0.298 e. The third-order valence-corrected chi connectivity index (χ3v) is 7.83. The standard InChI is InChI=1S/C23H29NO/c1-4-11-22(2)13-20-19-9-8-16-15(14-24)6-5-7-17(16)18(19)10-12-23(20,3)21(22)25/h5-7,18-20H,4,8-13H2,1-3H3/t18?,19?,20?,22?,23-/m0/s1. The van der Waals surface area contributed by atoms with Crippen molar-refractivity contribution in [3.05, 3.63) is 34.9 Å². The quantitative estimate of drug-likeness (QED) is 0.726. The lowest BCUT2D eigenvalue weighted by molar-refractivity contribution is -0.135. The molecular weight excluding hydrogens is 306 g/mol. The fourth-order valence-electron chi connectivity index (χ4n) is 6.74. The first kappa shape index (κ1) is 16.8. The molecule has 2 saturated carbocycles. The SMILES string of the molecule is CCCC1(C)CC2C3CCc4c(C#N)cccc4C3CC[C@]2(C)C1=O. The number of Topliss-reactive ketones (excluding diaryl/α,β-unsaturated/α-hetero) is 1. The van der Waals surface area contributed by atoms with Crippen molar-refractivity contribution in [2.45, 2.75) is 71.6 Å². The summed E-state index contributed by atoms with van der Waals surface area (Å²) in [6.07, 6.45) is 7.47. The summed E-state index contributed by atoms with van der Waals surface area (Å²) in [5.74, 6) is 2.23. The molecule has 25 heavy (non-hydrogen) atoms. The van der Waals surface area contributed by atoms with Crippen LogP contribution in [0.4, 0.5) is 0 Å². The zero-order chi connectivity index (χ0) is 17.8. The molecular formula is C23H29NO. The highest BCUT2D eigenvalue weighted by atomic mass is 16.1. The highest BCUT2D eigenvalue weighted by Gasteiger charge is 2.61. The van der Waals surface area contributed by atoms with Gasteiger partial charge in [0.25, 0.3) is 0 Å². The summed E-state index contributed by atoms with van der Waals surface area (Å²) < 4.78 is 0. The number of carbonyl (C=O) groups is 1. The number of carbonyl (C=O) groups excluding carboxylic acids is 1. The summed E-state index contributed by atoms with van der Waals surface area (Å²) >= 11 is 0. The first-order chi connectivity index (χ1) is 11.9. The van der Waals surface area contributed by atoms with E-state index < -0.39 is 0 Å². The van der Waals surface area contributed by atoms with Crippen LogP contribution in [0.5, 0.6) is 0 Å². The number of benzene rings is 1. The van der Waals surface area contributed by atoms with Gasteiger partial charge in [-0.05, 0) is 73.5 Å². The van der Waals surface area contributed by atoms with E-state index in [4.69, 9.17) is 0 Å². The molecule has 4 unspecified atom stereocenters. The van der Waals surface area contributed by atoms with Crippen LogP contribution < -0.4 is 0 Å². The van der Waals surface area contributed by atoms with Crippen LogP contribution in [0.15, 0.2) is 18.2 Å². The van der Waals surface area contributed by atoms with E-state index in [1.54, 1.807) is 0 Å². The maximum absolute atomic E-state index is 13.4. The van der Waals surface area contributed by atoms with E-state index in [1.165, 1.54) is 11.1 Å². The molecule has 0 amide bonds. The number of hydrogen-bond donors (Lipinski definition) is 0. The molecule has 0 aliphatic heterocycles. The Morgan fingerprint density at radius 2 is 2.08 bits per heavy atom. The van der Waals surface area contributed by atoms with Crippen molar-refractivity contribution in [3.8, 4) is 6.07 Å². The van der Waals surface area contributed by atoms with Gasteiger partial charge in [0.05, 0.1) is 11.6 Å². The minimum atomic E-state index is -0.116. The van der Waals surface area contributed by atoms with Gasteiger partial charge in [0.1, 0.15) is 5.78 Å². The molecule has 0 radical (unpaired) electrons. The molecule has 132 valence electrons. The average molecular weight is 335 g/mol. The summed E-state index contributed by atoms with van der Waals surface area (Å²) in [4.78, 5) is 13.4. The molecule has 5 atom stereocenters. The second-order valence-corrected chi connectivity index (χ2v) is 9.20. The highest BCUT2D eigenvalue weighted by molar-refractivity contribution is 5.92. The molecule has 0 heterocycles. The normalized spacial score (nSPS) is 39.3. The zero-order valence-corrected chi connectivity index (χ0v) is 15.8. The van der Waals surface area contributed by atoms with Crippen LogP contribution in [-0.2, 0) is 11.2 Å². The average Bonchev–Trinajstić information content (AvgIpc) is 2.82. The van der Waals surface area contributed by atoms with Crippen molar-refractivity contribution in [2.24, 2.45) is 22.7 Å². The number of ketones is 1. The summed E-state index contributed by atoms with van der Waals surface area (Å²) in [7, 11) is 0. The molecule has 3 aliphatic carbocycles. The molecule has 0 bridgehead atoms. The number of rotatable bonds is 2. The zero-order valence-electron chi connectivity index (χ0n) is 15.8. The molecule has 0 N–H and O–H groups in total. The minimum absolute atomic E-state index is 0.113. The molecule has 4 rings (SSSR count). The predicted octanol–water partition coefficient (Wildman–Crippen LogP) is 5.40. The topological polar surface area (TPSA) is 40.9 Å². The summed E-state index contributed by atoms with van der Waals surface area (Å²) in [6, 6.07) is 8.65. The van der Waals surface area contributed by atoms with Crippen molar-refractivity contribution in [1.29, 1.82) is 5.26 Å². The Morgan fingerprint density at radius 1 is 1.28 bits per heavy atom. The molecule has 1 aromatic rings. The van der Waals surface area contributed by atoms with Gasteiger partial charge < -0.3 is 0 Å². The summed E-state index contributed by atoms with van der Waals surface area (Å²) in [6.45, 7) is 6.69. The third-order valence-electron chi connectivity index (χ3n) is 7.83. The highest BCUT2D eigenvalue weighted by Crippen LogP contribution is 2.64. The number of nitrogens with zero attached hydrogens (tertiary/aromatic N) is 1. The van der Waals surface area contributed by atoms with E-state index in [-0.39, 0.29) is 10.8 Å². The second-order valence-electron chi connectivity index (χ2n) is 9.20. The van der Waals surface area contributed by atoms with Crippen molar-refractivity contribution < 1.29 is 4.79 Å². The van der Waals surface area contributed by atoms with Crippen LogP contribution in [-0.4, -0.2) is 5.78 Å². The van der Waals surface area contributed by atoms with Crippen LogP contribution in [0.3, 0.4) is 0 Å². The lowest BCUT2D eigenvalue weighted by Gasteiger charge is -2.48. The monoisotopic (exact) mass is 335 g/mol. The Kier molecular flexibility index (Phi) is 3.83. The van der Waals surface area contributed by atoms with Gasteiger partial charge in [0.15, 0.2) is 0 Å². The van der Waals surface area contributed by atoms with Crippen LogP contribution in [0, 0.1) is 34.0 Å². The smallest absolute Gasteiger partial charge is 0.144 e. The summed E-state index contributed by atoms with van der Waals surface area (Å²) in [5.41, 5.74) is 3.33. The first-order valence-corrected chi connectivity index (χ1v) is 10.0. The van der Waals surface area contributed by atoms with Gasteiger partial charge in [-0.2, -0.15) is 5.26 Å². The lowest BCUT2D eigenvalue weighted by atomic mass is 9.55. The number of fused-ring (bicyclic) bond motifs is 5. The van der Waals surface area contributed by atoms with Crippen LogP contribution in [0.25, 0.3) is 0 Å². The van der Waals surface area contributed by atoms with Crippen LogP contribution in [0.1, 0.15) is 81.9 Å². The Hall–Kier alpha value is -1.62. The second kappa shape index (κ2) is 5.70. The Morgan fingerprint density at radius 3 is 2.80 bits per heavy atom. The van der Waals surface area contributed by atoms with Crippen LogP contribution in [0.2, 0.25) is 0 Å². The number of hydrogen-bond acceptors (Lipinski definition) is 2. The molecule has 3 aliphatic rings. The molecule has 0 aromatic heterocycles. The van der Waals surface area contributed by atoms with E-state index in [2.05, 4.69) is 39.0 Å². The fraction of sp³-hybridized carbons (Fsp3) is 0.652. The van der Waals surface area contributed by atoms with E-state index in [9.17, 15) is 10.1 Å². The van der Waals surface area contributed by atoms with Crippen molar-refractivity contribution in [2.75, 3.05) is 0 Å². The third kappa shape index (κ3) is 2.24. The Labute approximate surface area is 151 Å². The van der Waals surface area contributed by atoms with Gasteiger partial charge >= 0.3 is 0 Å². The van der Waals surface area contributed by atoms with Gasteiger partial charge in [-0.25, -0.2) is 0 Å². The molecule has 2 heteroatoms. The lowest BCUT2D eigenvalue weighted by Crippen LogP contribution is -2.43. The van der Waals surface area contributed by atoms with Gasteiger partial charge in [0, 0.05) is 10.8 Å². The van der Waals surface area contributed by atoms with Crippen molar-refractivity contribution in [3.63, 3.8) is 0 Å². The Balaban J connectivity index is 1.72. The van der Waals surface area contributed by atoms with Gasteiger partial charge in [0.2, 0.25) is 0 Å². The molecule has 0 spiro atoms. The first-order valence-electron chi connectivity index (χ1n) is 10.0. The maximum atomic E-state index is 13.4. The minimum Gasteiger partial charge on any atom is -0.298 e. The predicted molar refractivity (Wildman–Crippen MR) is 99.2 cm³/mol. The van der Waals surface area contributed by atoms with Crippen molar-refractivity contribution in [1.82, 2.24) is 0 Å². The molecule has 1 aromatic carbocycles. The maximum Gasteiger partial charge on any atom is 0.144 e. The van der Waals surface area contributed by atoms with E-state index in [0.717, 1.165) is 50.5 Å².